The Bertz CT molecular complexity index is 1530. The van der Waals surface area contributed by atoms with Crippen LogP contribution < -0.4 is 10.3 Å². The van der Waals surface area contributed by atoms with Crippen LogP contribution >= 0.6 is 15.9 Å². The van der Waals surface area contributed by atoms with E-state index in [9.17, 15) is 25.0 Å². The number of rotatable bonds is 6. The highest BCUT2D eigenvalue weighted by Gasteiger charge is 2.20. The number of hydrogen-bond donors (Lipinski definition) is 0. The number of nitrogens with zero attached hydrogens (tertiary/aromatic N) is 6. The molecule has 0 amide bonds. The van der Waals surface area contributed by atoms with Crippen LogP contribution in [-0.4, -0.2) is 30.7 Å². The van der Waals surface area contributed by atoms with Gasteiger partial charge in [-0.3, -0.25) is 25.0 Å². The average molecular weight is 525 g/mol. The summed E-state index contributed by atoms with van der Waals surface area (Å²) in [4.78, 5) is 42.3. The molecular formula is C21H13BrN6O6. The van der Waals surface area contributed by atoms with Gasteiger partial charge in [0, 0.05) is 28.2 Å². The van der Waals surface area contributed by atoms with Gasteiger partial charge in [0.05, 0.1) is 27.0 Å². The zero-order valence-corrected chi connectivity index (χ0v) is 18.9. The molecule has 0 bridgehead atoms. The summed E-state index contributed by atoms with van der Waals surface area (Å²) in [6.07, 6.45) is 2.20. The zero-order valence-electron chi connectivity index (χ0n) is 17.3. The first-order valence-corrected chi connectivity index (χ1v) is 10.3. The molecule has 0 aliphatic rings. The van der Waals surface area contributed by atoms with E-state index in [1.807, 2.05) is 0 Å². The van der Waals surface area contributed by atoms with Crippen molar-refractivity contribution in [1.82, 2.24) is 14.6 Å². The van der Waals surface area contributed by atoms with Gasteiger partial charge in [-0.15, -0.1) is 0 Å². The standard InChI is InChI=1S/C21H13BrN6O6/c1-12-25-17-7-5-14(22)9-16(17)21(29)26(12)24-10-13-3-2-4-18(28(32)33)20(13)34-19-8-6-15(11-23-19)27(30)31/h2-11H,1H3. The highest BCUT2D eigenvalue weighted by atomic mass is 79.9. The van der Waals surface area contributed by atoms with E-state index in [0.717, 1.165) is 16.9 Å². The summed E-state index contributed by atoms with van der Waals surface area (Å²) in [5.41, 5.74) is -0.392. The Morgan fingerprint density at radius 3 is 2.59 bits per heavy atom. The SMILES string of the molecule is Cc1nc2ccc(Br)cc2c(=O)n1N=Cc1cccc([N+](=O)[O-])c1Oc1ccc([N+](=O)[O-])cn1. The van der Waals surface area contributed by atoms with Crippen molar-refractivity contribution < 1.29 is 14.6 Å². The number of benzene rings is 2. The molecule has 0 spiro atoms. The largest absolute Gasteiger partial charge is 0.431 e. The quantitative estimate of drug-likeness (QED) is 0.204. The molecule has 0 saturated heterocycles. The summed E-state index contributed by atoms with van der Waals surface area (Å²) in [5, 5.41) is 26.9. The Labute approximate surface area is 198 Å². The Morgan fingerprint density at radius 2 is 1.91 bits per heavy atom. The maximum Gasteiger partial charge on any atom is 0.312 e. The van der Waals surface area contributed by atoms with Gasteiger partial charge in [0.2, 0.25) is 11.6 Å². The fourth-order valence-electron chi connectivity index (χ4n) is 3.06. The minimum Gasteiger partial charge on any atom is -0.431 e. The minimum atomic E-state index is -0.648. The topological polar surface area (TPSA) is 156 Å². The first-order valence-electron chi connectivity index (χ1n) is 9.53. The number of nitro groups is 2. The van der Waals surface area contributed by atoms with E-state index in [2.05, 4.69) is 31.0 Å². The summed E-state index contributed by atoms with van der Waals surface area (Å²) < 4.78 is 7.36. The van der Waals surface area contributed by atoms with Gasteiger partial charge in [-0.25, -0.2) is 9.97 Å². The van der Waals surface area contributed by atoms with Gasteiger partial charge in [0.25, 0.3) is 11.2 Å². The monoisotopic (exact) mass is 524 g/mol. The van der Waals surface area contributed by atoms with Gasteiger partial charge in [-0.05, 0) is 31.2 Å². The number of halogens is 1. The maximum absolute atomic E-state index is 12.9. The molecule has 170 valence electrons. The predicted octanol–water partition coefficient (Wildman–Crippen LogP) is 4.35. The summed E-state index contributed by atoms with van der Waals surface area (Å²) in [5.74, 6) is 0.0147. The number of aryl methyl sites for hydroxylation is 1. The summed E-state index contributed by atoms with van der Waals surface area (Å²) in [7, 11) is 0. The molecule has 0 saturated carbocycles. The number of para-hydroxylation sites is 1. The second kappa shape index (κ2) is 9.15. The molecule has 2 heterocycles. The van der Waals surface area contributed by atoms with Crippen LogP contribution in [0.3, 0.4) is 0 Å². The highest BCUT2D eigenvalue weighted by molar-refractivity contribution is 9.10. The van der Waals surface area contributed by atoms with Gasteiger partial charge in [-0.1, -0.05) is 22.0 Å². The van der Waals surface area contributed by atoms with E-state index >= 15 is 0 Å². The Balaban J connectivity index is 1.78. The van der Waals surface area contributed by atoms with Crippen LogP contribution in [0.2, 0.25) is 0 Å². The second-order valence-corrected chi connectivity index (χ2v) is 7.76. The number of nitro benzene ring substituents is 1. The Kier molecular flexibility index (Phi) is 6.10. The highest BCUT2D eigenvalue weighted by Crippen LogP contribution is 2.33. The molecule has 4 aromatic rings. The van der Waals surface area contributed by atoms with E-state index in [-0.39, 0.29) is 28.6 Å². The van der Waals surface area contributed by atoms with Crippen LogP contribution in [0.25, 0.3) is 10.9 Å². The molecule has 4 rings (SSSR count). The summed E-state index contributed by atoms with van der Waals surface area (Å²) in [6, 6.07) is 11.6. The van der Waals surface area contributed by atoms with Crippen molar-refractivity contribution >= 4 is 44.4 Å². The van der Waals surface area contributed by atoms with Crippen molar-refractivity contribution in [3.63, 3.8) is 0 Å². The normalized spacial score (nSPS) is 11.1. The first-order chi connectivity index (χ1) is 16.2. The molecule has 0 aliphatic heterocycles. The van der Waals surface area contributed by atoms with Crippen molar-refractivity contribution in [1.29, 1.82) is 0 Å². The van der Waals surface area contributed by atoms with Crippen molar-refractivity contribution in [3.8, 4) is 11.6 Å². The smallest absolute Gasteiger partial charge is 0.312 e. The van der Waals surface area contributed by atoms with Gasteiger partial charge in [-0.2, -0.15) is 9.78 Å². The third kappa shape index (κ3) is 4.49. The number of aromatic nitrogens is 3. The van der Waals surface area contributed by atoms with Crippen LogP contribution in [-0.2, 0) is 0 Å². The zero-order chi connectivity index (χ0) is 24.4. The maximum atomic E-state index is 12.9. The van der Waals surface area contributed by atoms with Gasteiger partial charge >= 0.3 is 5.69 Å². The predicted molar refractivity (Wildman–Crippen MR) is 125 cm³/mol. The first kappa shape index (κ1) is 22.7. The van der Waals surface area contributed by atoms with Gasteiger partial charge in [0.1, 0.15) is 12.0 Å². The lowest BCUT2D eigenvalue weighted by Gasteiger charge is -2.09. The van der Waals surface area contributed by atoms with Crippen molar-refractivity contribution in [2.45, 2.75) is 6.92 Å². The molecule has 0 radical (unpaired) electrons. The number of ether oxygens (including phenoxy) is 1. The van der Waals surface area contributed by atoms with E-state index < -0.39 is 15.4 Å². The lowest BCUT2D eigenvalue weighted by molar-refractivity contribution is -0.385. The molecule has 34 heavy (non-hydrogen) atoms. The molecule has 13 heteroatoms. The minimum absolute atomic E-state index is 0.0971. The number of pyridine rings is 1. The molecule has 0 unspecified atom stereocenters. The van der Waals surface area contributed by atoms with E-state index in [1.165, 1.54) is 30.5 Å². The van der Waals surface area contributed by atoms with Gasteiger partial charge in [0.15, 0.2) is 0 Å². The molecule has 12 nitrogen and oxygen atoms in total. The van der Waals surface area contributed by atoms with Crippen LogP contribution in [0.4, 0.5) is 11.4 Å². The Hall–Kier alpha value is -4.52. The van der Waals surface area contributed by atoms with Crippen LogP contribution in [0, 0.1) is 27.2 Å². The van der Waals surface area contributed by atoms with Crippen LogP contribution in [0.5, 0.6) is 11.6 Å². The van der Waals surface area contributed by atoms with Crippen molar-refractivity contribution in [2.75, 3.05) is 0 Å². The van der Waals surface area contributed by atoms with Crippen LogP contribution in [0.15, 0.2) is 69.1 Å². The fourth-order valence-corrected chi connectivity index (χ4v) is 3.42. The Morgan fingerprint density at radius 1 is 1.12 bits per heavy atom. The molecule has 0 atom stereocenters. The molecule has 2 aromatic carbocycles. The van der Waals surface area contributed by atoms with E-state index in [1.54, 1.807) is 25.1 Å². The lowest BCUT2D eigenvalue weighted by atomic mass is 10.2. The third-order valence-corrected chi connectivity index (χ3v) is 5.14. The molecule has 0 aliphatic carbocycles. The summed E-state index contributed by atoms with van der Waals surface area (Å²) >= 11 is 3.32. The van der Waals surface area contributed by atoms with E-state index in [4.69, 9.17) is 4.74 Å². The molecular weight excluding hydrogens is 512 g/mol. The average Bonchev–Trinajstić information content (AvgIpc) is 2.80. The number of hydrogen-bond acceptors (Lipinski definition) is 9. The lowest BCUT2D eigenvalue weighted by Crippen LogP contribution is -2.20. The summed E-state index contributed by atoms with van der Waals surface area (Å²) in [6.45, 7) is 1.60. The fraction of sp³-hybridized carbons (Fsp3) is 0.0476. The van der Waals surface area contributed by atoms with Crippen LogP contribution in [0.1, 0.15) is 11.4 Å². The second-order valence-electron chi connectivity index (χ2n) is 6.85. The van der Waals surface area contributed by atoms with Crippen molar-refractivity contribution in [2.24, 2.45) is 5.10 Å². The third-order valence-electron chi connectivity index (χ3n) is 4.64. The van der Waals surface area contributed by atoms with Crippen molar-refractivity contribution in [3.05, 3.63) is 101 Å². The molecule has 0 N–H and O–H groups in total. The molecule has 0 fully saturated rings. The van der Waals surface area contributed by atoms with E-state index in [0.29, 0.717) is 21.2 Å². The number of fused-ring (bicyclic) bond motifs is 1. The van der Waals surface area contributed by atoms with Gasteiger partial charge < -0.3 is 4.74 Å². The molecule has 2 aromatic heterocycles.